The van der Waals surface area contributed by atoms with E-state index in [1.807, 2.05) is 30.3 Å². The summed E-state index contributed by atoms with van der Waals surface area (Å²) in [6.45, 7) is 0. The fraction of sp³-hybridized carbons (Fsp3) is 0.350. The average Bonchev–Trinajstić information content (AvgIpc) is 2.68. The number of carbonyl (C=O) groups is 1. The molecular formula is C20H24BrNO5. The summed E-state index contributed by atoms with van der Waals surface area (Å²) in [5.41, 5.74) is 1.80. The Kier molecular flexibility index (Phi) is 7.94. The smallest absolute Gasteiger partial charge is 0.226 e. The van der Waals surface area contributed by atoms with Gasteiger partial charge in [0.2, 0.25) is 5.91 Å². The Morgan fingerprint density at radius 3 is 2.48 bits per heavy atom. The Labute approximate surface area is 167 Å². The van der Waals surface area contributed by atoms with Gasteiger partial charge in [-0.15, -0.1) is 0 Å². The van der Waals surface area contributed by atoms with Crippen molar-refractivity contribution in [3.63, 3.8) is 0 Å². The molecule has 1 atom stereocenters. The standard InChI is InChI=1S/C20H24BrNO5/c1-24-15-7-5-6-13(10-15)11-18(26-3)22-17(23)12-14-8-9-16(25-2)20(27-4)19(14)21/h5-10,18H,11-12H2,1-4H3,(H,22,23). The van der Waals surface area contributed by atoms with Crippen molar-refractivity contribution in [3.05, 3.63) is 52.0 Å². The molecule has 0 saturated carbocycles. The first-order valence-electron chi connectivity index (χ1n) is 8.36. The number of carbonyl (C=O) groups excluding carboxylic acids is 1. The number of methoxy groups -OCH3 is 4. The second-order valence-corrected chi connectivity index (χ2v) is 6.59. The van der Waals surface area contributed by atoms with Gasteiger partial charge in [0, 0.05) is 13.5 Å². The van der Waals surface area contributed by atoms with Gasteiger partial charge in [-0.2, -0.15) is 0 Å². The molecule has 0 aliphatic heterocycles. The highest BCUT2D eigenvalue weighted by atomic mass is 79.9. The lowest BCUT2D eigenvalue weighted by molar-refractivity contribution is -0.124. The van der Waals surface area contributed by atoms with E-state index in [9.17, 15) is 4.79 Å². The molecule has 0 fully saturated rings. The fourth-order valence-corrected chi connectivity index (χ4v) is 3.31. The lowest BCUT2D eigenvalue weighted by Crippen LogP contribution is -2.38. The second kappa shape index (κ2) is 10.2. The lowest BCUT2D eigenvalue weighted by atomic mass is 10.1. The van der Waals surface area contributed by atoms with E-state index in [1.165, 1.54) is 0 Å². The van der Waals surface area contributed by atoms with Crippen LogP contribution in [0.25, 0.3) is 0 Å². The van der Waals surface area contributed by atoms with Gasteiger partial charge in [-0.3, -0.25) is 4.79 Å². The molecule has 1 amide bonds. The molecule has 0 radical (unpaired) electrons. The molecule has 0 aliphatic rings. The number of rotatable bonds is 9. The number of halogens is 1. The summed E-state index contributed by atoms with van der Waals surface area (Å²) in [5.74, 6) is 1.77. The highest BCUT2D eigenvalue weighted by Gasteiger charge is 2.17. The molecular weight excluding hydrogens is 414 g/mol. The van der Waals surface area contributed by atoms with Crippen LogP contribution < -0.4 is 19.5 Å². The molecule has 1 N–H and O–H groups in total. The summed E-state index contributed by atoms with van der Waals surface area (Å²) in [5, 5.41) is 2.90. The minimum atomic E-state index is -0.441. The zero-order valence-corrected chi connectivity index (χ0v) is 17.5. The zero-order chi connectivity index (χ0) is 19.8. The van der Waals surface area contributed by atoms with Crippen molar-refractivity contribution in [2.24, 2.45) is 0 Å². The van der Waals surface area contributed by atoms with Crippen LogP contribution in [0.2, 0.25) is 0 Å². The van der Waals surface area contributed by atoms with Crippen molar-refractivity contribution in [1.82, 2.24) is 5.32 Å². The maximum absolute atomic E-state index is 12.5. The molecule has 0 aliphatic carbocycles. The van der Waals surface area contributed by atoms with Crippen LogP contribution in [0.1, 0.15) is 11.1 Å². The Morgan fingerprint density at radius 1 is 1.07 bits per heavy atom. The maximum Gasteiger partial charge on any atom is 0.226 e. The van der Waals surface area contributed by atoms with Gasteiger partial charge >= 0.3 is 0 Å². The molecule has 2 aromatic rings. The third-order valence-corrected chi connectivity index (χ3v) is 4.95. The summed E-state index contributed by atoms with van der Waals surface area (Å²) >= 11 is 3.48. The first kappa shape index (κ1) is 21.1. The molecule has 2 rings (SSSR count). The first-order chi connectivity index (χ1) is 13.0. The molecule has 146 valence electrons. The van der Waals surface area contributed by atoms with Gasteiger partial charge in [0.1, 0.15) is 12.0 Å². The van der Waals surface area contributed by atoms with Crippen LogP contribution in [0.3, 0.4) is 0 Å². The fourth-order valence-electron chi connectivity index (χ4n) is 2.68. The monoisotopic (exact) mass is 437 g/mol. The molecule has 0 aromatic heterocycles. The van der Waals surface area contributed by atoms with Gasteiger partial charge in [-0.05, 0) is 45.3 Å². The summed E-state index contributed by atoms with van der Waals surface area (Å²) in [6, 6.07) is 11.3. The Morgan fingerprint density at radius 2 is 1.85 bits per heavy atom. The Hall–Kier alpha value is -2.25. The third-order valence-electron chi connectivity index (χ3n) is 4.08. The Bertz CT molecular complexity index is 781. The summed E-state index contributed by atoms with van der Waals surface area (Å²) in [6.07, 6.45) is 0.273. The SMILES string of the molecule is COc1cccc(CC(NC(=O)Cc2ccc(OC)c(OC)c2Br)OC)c1. The van der Waals surface area contributed by atoms with E-state index >= 15 is 0 Å². The quantitative estimate of drug-likeness (QED) is 0.609. The van der Waals surface area contributed by atoms with Crippen LogP contribution in [-0.2, 0) is 22.4 Å². The van der Waals surface area contributed by atoms with Crippen molar-refractivity contribution in [2.45, 2.75) is 19.1 Å². The largest absolute Gasteiger partial charge is 0.497 e. The summed E-state index contributed by atoms with van der Waals surface area (Å²) in [7, 11) is 6.31. The number of benzene rings is 2. The molecule has 1 unspecified atom stereocenters. The molecule has 0 spiro atoms. The van der Waals surface area contributed by atoms with Crippen LogP contribution in [0.4, 0.5) is 0 Å². The summed E-state index contributed by atoms with van der Waals surface area (Å²) in [4.78, 5) is 12.5. The third kappa shape index (κ3) is 5.61. The van der Waals surface area contributed by atoms with E-state index in [2.05, 4.69) is 21.2 Å². The predicted molar refractivity (Wildman–Crippen MR) is 107 cm³/mol. The van der Waals surface area contributed by atoms with Gasteiger partial charge < -0.3 is 24.3 Å². The van der Waals surface area contributed by atoms with E-state index in [4.69, 9.17) is 18.9 Å². The van der Waals surface area contributed by atoms with E-state index in [-0.39, 0.29) is 12.3 Å². The number of ether oxygens (including phenoxy) is 4. The van der Waals surface area contributed by atoms with E-state index in [0.717, 1.165) is 16.9 Å². The maximum atomic E-state index is 12.5. The van der Waals surface area contributed by atoms with Crippen molar-refractivity contribution in [1.29, 1.82) is 0 Å². The van der Waals surface area contributed by atoms with Crippen LogP contribution in [0, 0.1) is 0 Å². The van der Waals surface area contributed by atoms with E-state index < -0.39 is 6.23 Å². The van der Waals surface area contributed by atoms with Gasteiger partial charge in [0.25, 0.3) is 0 Å². The minimum Gasteiger partial charge on any atom is -0.497 e. The molecule has 6 nitrogen and oxygen atoms in total. The molecule has 27 heavy (non-hydrogen) atoms. The van der Waals surface area contributed by atoms with Crippen LogP contribution in [0.5, 0.6) is 17.2 Å². The molecule has 2 aromatic carbocycles. The highest BCUT2D eigenvalue weighted by Crippen LogP contribution is 2.37. The van der Waals surface area contributed by atoms with Gasteiger partial charge in [0.15, 0.2) is 11.5 Å². The lowest BCUT2D eigenvalue weighted by Gasteiger charge is -2.18. The van der Waals surface area contributed by atoms with Gasteiger partial charge in [0.05, 0.1) is 32.2 Å². The number of hydrogen-bond acceptors (Lipinski definition) is 5. The van der Waals surface area contributed by atoms with E-state index in [0.29, 0.717) is 22.4 Å². The number of nitrogens with one attached hydrogen (secondary N) is 1. The number of amides is 1. The van der Waals surface area contributed by atoms with Gasteiger partial charge in [-0.25, -0.2) is 0 Å². The van der Waals surface area contributed by atoms with Crippen LogP contribution >= 0.6 is 15.9 Å². The molecule has 0 saturated heterocycles. The zero-order valence-electron chi connectivity index (χ0n) is 15.9. The summed E-state index contributed by atoms with van der Waals surface area (Å²) < 4.78 is 22.0. The van der Waals surface area contributed by atoms with Crippen molar-refractivity contribution in [2.75, 3.05) is 28.4 Å². The van der Waals surface area contributed by atoms with Crippen molar-refractivity contribution in [3.8, 4) is 17.2 Å². The average molecular weight is 438 g/mol. The van der Waals surface area contributed by atoms with Gasteiger partial charge in [-0.1, -0.05) is 18.2 Å². The highest BCUT2D eigenvalue weighted by molar-refractivity contribution is 9.10. The van der Waals surface area contributed by atoms with Crippen LogP contribution in [0.15, 0.2) is 40.9 Å². The second-order valence-electron chi connectivity index (χ2n) is 5.80. The van der Waals surface area contributed by atoms with Crippen LogP contribution in [-0.4, -0.2) is 40.6 Å². The van der Waals surface area contributed by atoms with Crippen molar-refractivity contribution >= 4 is 21.8 Å². The molecule has 0 bridgehead atoms. The predicted octanol–water partition coefficient (Wildman–Crippen LogP) is 3.35. The van der Waals surface area contributed by atoms with E-state index in [1.54, 1.807) is 34.5 Å². The first-order valence-corrected chi connectivity index (χ1v) is 9.16. The minimum absolute atomic E-state index is 0.155. The molecule has 7 heteroatoms. The topological polar surface area (TPSA) is 66.0 Å². The number of hydrogen-bond donors (Lipinski definition) is 1. The van der Waals surface area contributed by atoms with Crippen molar-refractivity contribution < 1.29 is 23.7 Å². The normalized spacial score (nSPS) is 11.6. The molecule has 0 heterocycles. The Balaban J connectivity index is 2.05.